The van der Waals surface area contributed by atoms with Crippen molar-refractivity contribution < 1.29 is 9.13 Å². The van der Waals surface area contributed by atoms with Crippen molar-refractivity contribution in [2.45, 2.75) is 25.8 Å². The third-order valence-corrected chi connectivity index (χ3v) is 4.03. The molecule has 1 N–H and O–H groups in total. The van der Waals surface area contributed by atoms with E-state index in [4.69, 9.17) is 4.74 Å². The smallest absolute Gasteiger partial charge is 0.128 e. The maximum absolute atomic E-state index is 14.2. The molecule has 0 amide bonds. The molecule has 0 saturated heterocycles. The highest BCUT2D eigenvalue weighted by molar-refractivity contribution is 5.48. The van der Waals surface area contributed by atoms with Gasteiger partial charge in [-0.1, -0.05) is 35.9 Å². The summed E-state index contributed by atoms with van der Waals surface area (Å²) in [5.41, 5.74) is 3.95. The largest absolute Gasteiger partial charge is 0.493 e. The van der Waals surface area contributed by atoms with E-state index in [9.17, 15) is 4.39 Å². The lowest BCUT2D eigenvalue weighted by Crippen LogP contribution is -2.22. The first kappa shape index (κ1) is 14.1. The zero-order valence-electron chi connectivity index (χ0n) is 12.4. The number of fused-ring (bicyclic) bond motifs is 1. The molecule has 1 atom stereocenters. The van der Waals surface area contributed by atoms with Gasteiger partial charge in [0.25, 0.3) is 0 Å². The van der Waals surface area contributed by atoms with Crippen molar-refractivity contribution in [2.24, 2.45) is 0 Å². The zero-order chi connectivity index (χ0) is 14.8. The lowest BCUT2D eigenvalue weighted by molar-refractivity contribution is 0.283. The molecule has 2 nitrogen and oxygen atoms in total. The maximum atomic E-state index is 14.2. The number of nitrogens with one attached hydrogen (secondary N) is 1. The molecule has 1 heterocycles. The van der Waals surface area contributed by atoms with E-state index in [0.717, 1.165) is 36.3 Å². The van der Waals surface area contributed by atoms with Crippen LogP contribution in [-0.4, -0.2) is 13.7 Å². The third kappa shape index (κ3) is 2.66. The topological polar surface area (TPSA) is 21.3 Å². The summed E-state index contributed by atoms with van der Waals surface area (Å²) in [4.78, 5) is 0. The Balaban J connectivity index is 2.10. The quantitative estimate of drug-likeness (QED) is 0.927. The summed E-state index contributed by atoms with van der Waals surface area (Å²) in [5.74, 6) is 0.734. The van der Waals surface area contributed by atoms with Gasteiger partial charge in [-0.3, -0.25) is 0 Å². The number of rotatable bonds is 3. The van der Waals surface area contributed by atoms with Gasteiger partial charge in [0, 0.05) is 11.1 Å². The number of aryl methyl sites for hydroxylation is 2. The van der Waals surface area contributed by atoms with Gasteiger partial charge in [-0.05, 0) is 38.4 Å². The second-order valence-electron chi connectivity index (χ2n) is 5.53. The second-order valence-corrected chi connectivity index (χ2v) is 5.53. The Morgan fingerprint density at radius 2 is 2.05 bits per heavy atom. The van der Waals surface area contributed by atoms with Gasteiger partial charge >= 0.3 is 0 Å². The molecule has 0 aliphatic carbocycles. The average molecular weight is 285 g/mol. The van der Waals surface area contributed by atoms with E-state index in [2.05, 4.69) is 11.4 Å². The highest BCUT2D eigenvalue weighted by Gasteiger charge is 2.23. The first-order valence-electron chi connectivity index (χ1n) is 7.38. The molecular formula is C18H20FNO. The van der Waals surface area contributed by atoms with E-state index in [-0.39, 0.29) is 11.9 Å². The van der Waals surface area contributed by atoms with Crippen LogP contribution in [0.1, 0.15) is 34.7 Å². The Kier molecular flexibility index (Phi) is 3.93. The SMILES string of the molecule is CNC(c1cc(C)ccc1F)c1cccc2c1OCCC2. The van der Waals surface area contributed by atoms with Crippen molar-refractivity contribution >= 4 is 0 Å². The molecular weight excluding hydrogens is 265 g/mol. The Hall–Kier alpha value is -1.87. The molecule has 0 bridgehead atoms. The van der Waals surface area contributed by atoms with E-state index in [1.54, 1.807) is 6.07 Å². The minimum Gasteiger partial charge on any atom is -0.493 e. The minimum atomic E-state index is -0.196. The van der Waals surface area contributed by atoms with Crippen LogP contribution in [0, 0.1) is 12.7 Å². The highest BCUT2D eigenvalue weighted by Crippen LogP contribution is 2.36. The summed E-state index contributed by atoms with van der Waals surface area (Å²) in [6, 6.07) is 11.2. The summed E-state index contributed by atoms with van der Waals surface area (Å²) in [6.07, 6.45) is 2.06. The molecule has 0 saturated carbocycles. The summed E-state index contributed by atoms with van der Waals surface area (Å²) in [5, 5.41) is 3.23. The van der Waals surface area contributed by atoms with Gasteiger partial charge in [0.1, 0.15) is 11.6 Å². The Morgan fingerprint density at radius 3 is 2.86 bits per heavy atom. The van der Waals surface area contributed by atoms with Crippen LogP contribution in [0.2, 0.25) is 0 Å². The first-order chi connectivity index (χ1) is 10.2. The van der Waals surface area contributed by atoms with Gasteiger partial charge in [0.2, 0.25) is 0 Å². The fourth-order valence-corrected chi connectivity index (χ4v) is 3.00. The fraction of sp³-hybridized carbons (Fsp3) is 0.333. The number of hydrogen-bond donors (Lipinski definition) is 1. The number of halogens is 1. The van der Waals surface area contributed by atoms with Gasteiger partial charge in [-0.2, -0.15) is 0 Å². The third-order valence-electron chi connectivity index (χ3n) is 4.03. The van der Waals surface area contributed by atoms with Gasteiger partial charge in [0.05, 0.1) is 12.6 Å². The number of ether oxygens (including phenoxy) is 1. The van der Waals surface area contributed by atoms with Crippen molar-refractivity contribution in [3.05, 3.63) is 64.5 Å². The standard InChI is InChI=1S/C18H20FNO/c1-12-8-9-16(19)15(11-12)17(20-2)14-7-3-5-13-6-4-10-21-18(13)14/h3,5,7-9,11,17,20H,4,6,10H2,1-2H3. The van der Waals surface area contributed by atoms with E-state index in [1.165, 1.54) is 11.6 Å². The first-order valence-corrected chi connectivity index (χ1v) is 7.38. The molecule has 21 heavy (non-hydrogen) atoms. The average Bonchev–Trinajstić information content (AvgIpc) is 2.51. The van der Waals surface area contributed by atoms with Crippen molar-refractivity contribution in [1.29, 1.82) is 0 Å². The lowest BCUT2D eigenvalue weighted by Gasteiger charge is -2.25. The van der Waals surface area contributed by atoms with E-state index >= 15 is 0 Å². The van der Waals surface area contributed by atoms with Crippen LogP contribution in [0.25, 0.3) is 0 Å². The van der Waals surface area contributed by atoms with Crippen LogP contribution in [0.15, 0.2) is 36.4 Å². The summed E-state index contributed by atoms with van der Waals surface area (Å²) in [6.45, 7) is 2.71. The molecule has 0 fully saturated rings. The summed E-state index contributed by atoms with van der Waals surface area (Å²) >= 11 is 0. The number of hydrogen-bond acceptors (Lipinski definition) is 2. The van der Waals surface area contributed by atoms with Crippen LogP contribution in [0.3, 0.4) is 0 Å². The van der Waals surface area contributed by atoms with E-state index in [0.29, 0.717) is 5.56 Å². The number of benzene rings is 2. The monoisotopic (exact) mass is 285 g/mol. The van der Waals surface area contributed by atoms with Crippen molar-refractivity contribution in [2.75, 3.05) is 13.7 Å². The predicted molar refractivity (Wildman–Crippen MR) is 82.3 cm³/mol. The minimum absolute atomic E-state index is 0.187. The van der Waals surface area contributed by atoms with E-state index in [1.807, 2.05) is 32.2 Å². The predicted octanol–water partition coefficient (Wildman–Crippen LogP) is 3.77. The van der Waals surface area contributed by atoms with Gasteiger partial charge < -0.3 is 10.1 Å². The normalized spacial score (nSPS) is 15.2. The second kappa shape index (κ2) is 5.86. The summed E-state index contributed by atoms with van der Waals surface area (Å²) in [7, 11) is 1.86. The molecule has 0 aromatic heterocycles. The Labute approximate surface area is 125 Å². The molecule has 2 aromatic rings. The highest BCUT2D eigenvalue weighted by atomic mass is 19.1. The number of para-hydroxylation sites is 1. The van der Waals surface area contributed by atoms with Gasteiger partial charge in [-0.15, -0.1) is 0 Å². The molecule has 0 radical (unpaired) electrons. The zero-order valence-corrected chi connectivity index (χ0v) is 12.4. The molecule has 1 unspecified atom stereocenters. The van der Waals surface area contributed by atoms with Crippen LogP contribution in [0.4, 0.5) is 4.39 Å². The van der Waals surface area contributed by atoms with Gasteiger partial charge in [0.15, 0.2) is 0 Å². The molecule has 1 aliphatic rings. The molecule has 110 valence electrons. The lowest BCUT2D eigenvalue weighted by atomic mass is 9.93. The van der Waals surface area contributed by atoms with Crippen molar-refractivity contribution in [3.63, 3.8) is 0 Å². The maximum Gasteiger partial charge on any atom is 0.128 e. The van der Waals surface area contributed by atoms with Crippen LogP contribution >= 0.6 is 0 Å². The van der Waals surface area contributed by atoms with Crippen LogP contribution < -0.4 is 10.1 Å². The van der Waals surface area contributed by atoms with Gasteiger partial charge in [-0.25, -0.2) is 4.39 Å². The van der Waals surface area contributed by atoms with Crippen LogP contribution in [-0.2, 0) is 6.42 Å². The fourth-order valence-electron chi connectivity index (χ4n) is 3.00. The molecule has 2 aromatic carbocycles. The Bertz CT molecular complexity index is 654. The van der Waals surface area contributed by atoms with Crippen molar-refractivity contribution in [1.82, 2.24) is 5.32 Å². The van der Waals surface area contributed by atoms with E-state index < -0.39 is 0 Å². The Morgan fingerprint density at radius 1 is 1.19 bits per heavy atom. The van der Waals surface area contributed by atoms with Crippen LogP contribution in [0.5, 0.6) is 5.75 Å². The summed E-state index contributed by atoms with van der Waals surface area (Å²) < 4.78 is 20.1. The molecule has 3 rings (SSSR count). The molecule has 1 aliphatic heterocycles. The van der Waals surface area contributed by atoms with Crippen molar-refractivity contribution in [3.8, 4) is 5.75 Å². The molecule has 3 heteroatoms. The molecule has 0 spiro atoms.